The van der Waals surface area contributed by atoms with E-state index < -0.39 is 5.83 Å². The molecule has 2 atom stereocenters. The third-order valence-electron chi connectivity index (χ3n) is 3.34. The van der Waals surface area contributed by atoms with Crippen molar-refractivity contribution < 1.29 is 9.13 Å². The van der Waals surface area contributed by atoms with E-state index in [4.69, 9.17) is 4.74 Å². The molecule has 0 saturated carbocycles. The Morgan fingerprint density at radius 3 is 2.76 bits per heavy atom. The number of hydrogen-bond donors (Lipinski definition) is 1. The highest BCUT2D eigenvalue weighted by atomic mass is 79.9. The molecule has 2 nitrogen and oxygen atoms in total. The van der Waals surface area contributed by atoms with Crippen molar-refractivity contribution in [3.8, 4) is 0 Å². The zero-order valence-electron chi connectivity index (χ0n) is 9.77. The first-order valence-corrected chi connectivity index (χ1v) is 6.68. The van der Waals surface area contributed by atoms with E-state index in [0.29, 0.717) is 18.6 Å². The highest BCUT2D eigenvalue weighted by Gasteiger charge is 2.34. The molecule has 2 aliphatic rings. The molecular formula is C13H17BrFNO. The number of allylic oxidation sites excluding steroid dienone is 1. The van der Waals surface area contributed by atoms with Gasteiger partial charge in [0.2, 0.25) is 0 Å². The first-order valence-electron chi connectivity index (χ1n) is 5.89. The lowest BCUT2D eigenvalue weighted by molar-refractivity contribution is 0.0462. The van der Waals surface area contributed by atoms with E-state index >= 15 is 0 Å². The Morgan fingerprint density at radius 1 is 1.47 bits per heavy atom. The fraction of sp³-hybridized carbons (Fsp3) is 0.538. The third-order valence-corrected chi connectivity index (χ3v) is 3.82. The van der Waals surface area contributed by atoms with Crippen molar-refractivity contribution in [3.05, 3.63) is 34.6 Å². The molecule has 0 aromatic carbocycles. The Morgan fingerprint density at radius 2 is 2.24 bits per heavy atom. The Bertz CT molecular complexity index is 372. The fourth-order valence-corrected chi connectivity index (χ4v) is 2.98. The van der Waals surface area contributed by atoms with Crippen LogP contribution in [0.3, 0.4) is 0 Å². The van der Waals surface area contributed by atoms with E-state index in [1.165, 1.54) is 0 Å². The van der Waals surface area contributed by atoms with Crippen LogP contribution in [0.15, 0.2) is 34.6 Å². The van der Waals surface area contributed by atoms with Crippen molar-refractivity contribution in [1.82, 2.24) is 5.32 Å². The predicted molar refractivity (Wildman–Crippen MR) is 70.7 cm³/mol. The topological polar surface area (TPSA) is 21.3 Å². The predicted octanol–water partition coefficient (Wildman–Crippen LogP) is 3.22. The zero-order chi connectivity index (χ0) is 12.4. The monoisotopic (exact) mass is 301 g/mol. The van der Waals surface area contributed by atoms with Gasteiger partial charge in [-0.15, -0.1) is 0 Å². The van der Waals surface area contributed by atoms with E-state index in [0.717, 1.165) is 29.4 Å². The molecule has 0 spiro atoms. The van der Waals surface area contributed by atoms with Gasteiger partial charge in [-0.2, -0.15) is 0 Å². The Hall–Kier alpha value is -0.450. The summed E-state index contributed by atoms with van der Waals surface area (Å²) in [7, 11) is 0. The van der Waals surface area contributed by atoms with Crippen LogP contribution in [0.2, 0.25) is 0 Å². The average Bonchev–Trinajstić information content (AvgIpc) is 2.81. The molecule has 17 heavy (non-hydrogen) atoms. The van der Waals surface area contributed by atoms with Crippen LogP contribution in [0, 0.1) is 0 Å². The van der Waals surface area contributed by atoms with Crippen LogP contribution >= 0.6 is 15.9 Å². The minimum absolute atomic E-state index is 0.194. The summed E-state index contributed by atoms with van der Waals surface area (Å²) in [6, 6.07) is 0.194. The van der Waals surface area contributed by atoms with E-state index in [9.17, 15) is 4.39 Å². The summed E-state index contributed by atoms with van der Waals surface area (Å²) < 4.78 is 20.1. The molecule has 94 valence electrons. The molecule has 2 heterocycles. The van der Waals surface area contributed by atoms with E-state index in [-0.39, 0.29) is 12.1 Å². The van der Waals surface area contributed by atoms with Gasteiger partial charge in [-0.3, -0.25) is 0 Å². The molecule has 2 rings (SSSR count). The summed E-state index contributed by atoms with van der Waals surface area (Å²) in [4.78, 5) is 0. The summed E-state index contributed by atoms with van der Waals surface area (Å²) in [6.07, 6.45) is 2.59. The van der Waals surface area contributed by atoms with Gasteiger partial charge in [-0.05, 0) is 31.4 Å². The molecule has 2 aliphatic heterocycles. The molecule has 0 radical (unpaired) electrons. The molecule has 0 aromatic rings. The van der Waals surface area contributed by atoms with Crippen LogP contribution in [0.4, 0.5) is 4.39 Å². The molecule has 0 aliphatic carbocycles. The van der Waals surface area contributed by atoms with Gasteiger partial charge in [0.15, 0.2) is 0 Å². The smallest absolute Gasteiger partial charge is 0.122 e. The number of hydrogen-bond acceptors (Lipinski definition) is 2. The Balaban J connectivity index is 2.33. The lowest BCUT2D eigenvalue weighted by Crippen LogP contribution is -2.41. The van der Waals surface area contributed by atoms with Crippen LogP contribution in [0.5, 0.6) is 0 Å². The molecule has 0 bridgehead atoms. The summed E-state index contributed by atoms with van der Waals surface area (Å²) in [5, 5.41) is 3.36. The largest absolute Gasteiger partial charge is 0.371 e. The maximum atomic E-state index is 13.7. The van der Waals surface area contributed by atoms with E-state index in [1.807, 2.05) is 0 Å². The SMILES string of the molecule is C=C(F)C1=C(C(=C)Br)CCOC1C1CCCN1. The Labute approximate surface area is 110 Å². The van der Waals surface area contributed by atoms with E-state index in [2.05, 4.69) is 34.4 Å². The molecule has 2 unspecified atom stereocenters. The van der Waals surface area contributed by atoms with E-state index in [1.54, 1.807) is 0 Å². The molecular weight excluding hydrogens is 285 g/mol. The van der Waals surface area contributed by atoms with Crippen LogP contribution in [-0.2, 0) is 4.74 Å². The summed E-state index contributed by atoms with van der Waals surface area (Å²) in [5.74, 6) is -0.404. The lowest BCUT2D eigenvalue weighted by Gasteiger charge is -2.32. The van der Waals surface area contributed by atoms with Gasteiger partial charge in [0, 0.05) is 16.1 Å². The van der Waals surface area contributed by atoms with Gasteiger partial charge in [0.25, 0.3) is 0 Å². The first-order chi connectivity index (χ1) is 8.11. The molecule has 1 fully saturated rings. The second-order valence-corrected chi connectivity index (χ2v) is 5.40. The molecule has 0 amide bonds. The summed E-state index contributed by atoms with van der Waals surface area (Å²) in [5.41, 5.74) is 1.49. The van der Waals surface area contributed by atoms with Gasteiger partial charge in [-0.1, -0.05) is 29.1 Å². The van der Waals surface area contributed by atoms with Gasteiger partial charge in [0.05, 0.1) is 6.61 Å². The standard InChI is InChI=1S/C13H17BrFNO/c1-8(14)10-5-7-17-13(12(10)9(2)15)11-4-3-6-16-11/h11,13,16H,1-7H2. The van der Waals surface area contributed by atoms with Crippen molar-refractivity contribution in [2.24, 2.45) is 0 Å². The van der Waals surface area contributed by atoms with Crippen LogP contribution in [0.1, 0.15) is 19.3 Å². The fourth-order valence-electron chi connectivity index (χ4n) is 2.56. The van der Waals surface area contributed by atoms with Gasteiger partial charge in [-0.25, -0.2) is 4.39 Å². The maximum absolute atomic E-state index is 13.7. The van der Waals surface area contributed by atoms with Crippen molar-refractivity contribution in [3.63, 3.8) is 0 Å². The lowest BCUT2D eigenvalue weighted by atomic mass is 9.91. The highest BCUT2D eigenvalue weighted by molar-refractivity contribution is 9.11. The molecule has 1 N–H and O–H groups in total. The van der Waals surface area contributed by atoms with Crippen molar-refractivity contribution >= 4 is 15.9 Å². The minimum Gasteiger partial charge on any atom is -0.371 e. The van der Waals surface area contributed by atoms with Crippen LogP contribution in [-0.4, -0.2) is 25.3 Å². The second-order valence-electron chi connectivity index (χ2n) is 4.45. The first kappa shape index (κ1) is 13.0. The number of ether oxygens (including phenoxy) is 1. The Kier molecular flexibility index (Phi) is 4.17. The number of halogens is 2. The van der Waals surface area contributed by atoms with Crippen molar-refractivity contribution in [2.45, 2.75) is 31.4 Å². The third kappa shape index (κ3) is 2.69. The van der Waals surface area contributed by atoms with Crippen molar-refractivity contribution in [1.29, 1.82) is 0 Å². The van der Waals surface area contributed by atoms with Crippen LogP contribution in [0.25, 0.3) is 0 Å². The van der Waals surface area contributed by atoms with Gasteiger partial charge < -0.3 is 10.1 Å². The highest BCUT2D eigenvalue weighted by Crippen LogP contribution is 2.36. The molecule has 0 aromatic heterocycles. The quantitative estimate of drug-likeness (QED) is 0.864. The summed E-state index contributed by atoms with van der Waals surface area (Å²) in [6.45, 7) is 8.87. The minimum atomic E-state index is -0.404. The summed E-state index contributed by atoms with van der Waals surface area (Å²) >= 11 is 3.34. The van der Waals surface area contributed by atoms with Crippen molar-refractivity contribution in [2.75, 3.05) is 13.2 Å². The number of rotatable bonds is 3. The average molecular weight is 302 g/mol. The molecule has 4 heteroatoms. The van der Waals surface area contributed by atoms with Gasteiger partial charge in [0.1, 0.15) is 11.9 Å². The normalized spacial score (nSPS) is 29.5. The second kappa shape index (κ2) is 5.46. The van der Waals surface area contributed by atoms with Gasteiger partial charge >= 0.3 is 0 Å². The number of nitrogens with one attached hydrogen (secondary N) is 1. The zero-order valence-corrected chi connectivity index (χ0v) is 11.4. The van der Waals surface area contributed by atoms with Crippen LogP contribution < -0.4 is 5.32 Å². The molecule has 1 saturated heterocycles. The maximum Gasteiger partial charge on any atom is 0.122 e.